The number of benzene rings is 1. The standard InChI is InChI=1S/C14H21NO4S/c1-3-11(4-2)9-15-20(18,19)10-12-5-7-13(8-6-12)14(16)17/h5-8,11,15H,3-4,9-10H2,1-2H3,(H,16,17). The molecule has 0 saturated carbocycles. The van der Waals surface area contributed by atoms with E-state index in [4.69, 9.17) is 5.11 Å². The molecule has 0 radical (unpaired) electrons. The Bertz CT molecular complexity index is 533. The molecule has 112 valence electrons. The molecule has 6 heteroatoms. The summed E-state index contributed by atoms with van der Waals surface area (Å²) in [5, 5.41) is 8.78. The Morgan fingerprint density at radius 2 is 1.75 bits per heavy atom. The number of nitrogens with one attached hydrogen (secondary N) is 1. The second-order valence-corrected chi connectivity index (χ2v) is 6.60. The van der Waals surface area contributed by atoms with Crippen LogP contribution in [-0.2, 0) is 15.8 Å². The molecule has 0 aliphatic carbocycles. The van der Waals surface area contributed by atoms with Crippen molar-refractivity contribution in [1.29, 1.82) is 0 Å². The van der Waals surface area contributed by atoms with Crippen LogP contribution in [0.5, 0.6) is 0 Å². The van der Waals surface area contributed by atoms with Crippen LogP contribution in [0.15, 0.2) is 24.3 Å². The molecule has 0 saturated heterocycles. The average Bonchev–Trinajstić information content (AvgIpc) is 2.40. The summed E-state index contributed by atoms with van der Waals surface area (Å²) in [6.45, 7) is 4.52. The first-order chi connectivity index (χ1) is 9.38. The number of sulfonamides is 1. The molecule has 1 rings (SSSR count). The number of rotatable bonds is 8. The van der Waals surface area contributed by atoms with Gasteiger partial charge in [-0.15, -0.1) is 0 Å². The van der Waals surface area contributed by atoms with Gasteiger partial charge in [0, 0.05) is 6.54 Å². The van der Waals surface area contributed by atoms with Crippen molar-refractivity contribution in [3.05, 3.63) is 35.4 Å². The van der Waals surface area contributed by atoms with Crippen molar-refractivity contribution in [2.45, 2.75) is 32.4 Å². The maximum atomic E-state index is 11.9. The van der Waals surface area contributed by atoms with Gasteiger partial charge in [0.25, 0.3) is 0 Å². The topological polar surface area (TPSA) is 83.5 Å². The fraction of sp³-hybridized carbons (Fsp3) is 0.500. The van der Waals surface area contributed by atoms with Crippen LogP contribution in [0.3, 0.4) is 0 Å². The van der Waals surface area contributed by atoms with Gasteiger partial charge in [-0.05, 0) is 23.6 Å². The SMILES string of the molecule is CCC(CC)CNS(=O)(=O)Cc1ccc(C(=O)O)cc1. The Morgan fingerprint density at radius 1 is 1.20 bits per heavy atom. The molecule has 0 aliphatic rings. The van der Waals surface area contributed by atoms with Crippen LogP contribution in [0.25, 0.3) is 0 Å². The minimum Gasteiger partial charge on any atom is -0.478 e. The summed E-state index contributed by atoms with van der Waals surface area (Å²) in [4.78, 5) is 10.7. The van der Waals surface area contributed by atoms with Gasteiger partial charge in [0.2, 0.25) is 10.0 Å². The van der Waals surface area contributed by atoms with Crippen molar-refractivity contribution in [2.24, 2.45) is 5.92 Å². The molecule has 2 N–H and O–H groups in total. The van der Waals surface area contributed by atoms with E-state index in [0.717, 1.165) is 12.8 Å². The number of carboxylic acid groups (broad SMARTS) is 1. The number of hydrogen-bond acceptors (Lipinski definition) is 3. The van der Waals surface area contributed by atoms with Crippen LogP contribution in [-0.4, -0.2) is 26.0 Å². The lowest BCUT2D eigenvalue weighted by Crippen LogP contribution is -2.30. The summed E-state index contributed by atoms with van der Waals surface area (Å²) in [6.07, 6.45) is 1.87. The molecule has 0 amide bonds. The highest BCUT2D eigenvalue weighted by molar-refractivity contribution is 7.88. The molecule has 0 heterocycles. The highest BCUT2D eigenvalue weighted by Crippen LogP contribution is 2.10. The van der Waals surface area contributed by atoms with Crippen LogP contribution in [0.4, 0.5) is 0 Å². The number of carbonyl (C=O) groups is 1. The maximum Gasteiger partial charge on any atom is 0.335 e. The minimum atomic E-state index is -3.38. The van der Waals surface area contributed by atoms with Crippen LogP contribution >= 0.6 is 0 Å². The fourth-order valence-electron chi connectivity index (χ4n) is 1.84. The highest BCUT2D eigenvalue weighted by Gasteiger charge is 2.14. The summed E-state index contributed by atoms with van der Waals surface area (Å²) in [6, 6.07) is 5.88. The van der Waals surface area contributed by atoms with Gasteiger partial charge in [-0.2, -0.15) is 0 Å². The lowest BCUT2D eigenvalue weighted by atomic mass is 10.0. The Labute approximate surface area is 120 Å². The lowest BCUT2D eigenvalue weighted by molar-refractivity contribution is 0.0697. The van der Waals surface area contributed by atoms with Gasteiger partial charge in [0.1, 0.15) is 0 Å². The quantitative estimate of drug-likeness (QED) is 0.771. The van der Waals surface area contributed by atoms with Gasteiger partial charge in [-0.3, -0.25) is 0 Å². The second kappa shape index (κ2) is 7.40. The first kappa shape index (κ1) is 16.7. The summed E-state index contributed by atoms with van der Waals surface area (Å²) < 4.78 is 26.5. The molecule has 1 aromatic carbocycles. The van der Waals surface area contributed by atoms with Gasteiger partial charge in [0.05, 0.1) is 11.3 Å². The Hall–Kier alpha value is -1.40. The van der Waals surface area contributed by atoms with E-state index in [9.17, 15) is 13.2 Å². The van der Waals surface area contributed by atoms with E-state index >= 15 is 0 Å². The van der Waals surface area contributed by atoms with Gasteiger partial charge in [-0.25, -0.2) is 17.9 Å². The van der Waals surface area contributed by atoms with E-state index in [-0.39, 0.29) is 11.3 Å². The van der Waals surface area contributed by atoms with Crippen LogP contribution in [0.2, 0.25) is 0 Å². The fourth-order valence-corrected chi connectivity index (χ4v) is 3.06. The van der Waals surface area contributed by atoms with E-state index in [1.165, 1.54) is 24.3 Å². The normalized spacial score (nSPS) is 11.8. The molecule has 0 bridgehead atoms. The first-order valence-electron chi connectivity index (χ1n) is 6.67. The smallest absolute Gasteiger partial charge is 0.335 e. The van der Waals surface area contributed by atoms with Crippen LogP contribution in [0.1, 0.15) is 42.6 Å². The predicted octanol–water partition coefficient (Wildman–Crippen LogP) is 2.24. The maximum absolute atomic E-state index is 11.9. The number of aromatic carboxylic acids is 1. The number of hydrogen-bond donors (Lipinski definition) is 2. The van der Waals surface area contributed by atoms with E-state index in [1.807, 2.05) is 13.8 Å². The Kier molecular flexibility index (Phi) is 6.16. The molecular weight excluding hydrogens is 278 g/mol. The summed E-state index contributed by atoms with van der Waals surface area (Å²) in [5.74, 6) is -0.807. The zero-order valence-corrected chi connectivity index (χ0v) is 12.6. The van der Waals surface area contributed by atoms with Crippen molar-refractivity contribution in [1.82, 2.24) is 4.72 Å². The molecule has 20 heavy (non-hydrogen) atoms. The van der Waals surface area contributed by atoms with E-state index < -0.39 is 16.0 Å². The van der Waals surface area contributed by atoms with Crippen LogP contribution < -0.4 is 4.72 Å². The minimum absolute atomic E-state index is 0.132. The van der Waals surface area contributed by atoms with E-state index in [1.54, 1.807) is 0 Å². The number of carboxylic acids is 1. The zero-order valence-electron chi connectivity index (χ0n) is 11.8. The van der Waals surface area contributed by atoms with E-state index in [2.05, 4.69) is 4.72 Å². The lowest BCUT2D eigenvalue weighted by Gasteiger charge is -2.13. The third-order valence-corrected chi connectivity index (χ3v) is 4.62. The molecule has 0 atom stereocenters. The van der Waals surface area contributed by atoms with Crippen molar-refractivity contribution < 1.29 is 18.3 Å². The van der Waals surface area contributed by atoms with Crippen molar-refractivity contribution in [3.63, 3.8) is 0 Å². The molecular formula is C14H21NO4S. The Balaban J connectivity index is 2.64. The Morgan fingerprint density at radius 3 is 2.20 bits per heavy atom. The molecule has 0 aromatic heterocycles. The third kappa shape index (κ3) is 5.30. The molecule has 0 unspecified atom stereocenters. The molecule has 1 aromatic rings. The van der Waals surface area contributed by atoms with Crippen molar-refractivity contribution in [2.75, 3.05) is 6.54 Å². The molecule has 5 nitrogen and oxygen atoms in total. The zero-order chi connectivity index (χ0) is 15.2. The monoisotopic (exact) mass is 299 g/mol. The molecule has 0 aliphatic heterocycles. The first-order valence-corrected chi connectivity index (χ1v) is 8.32. The molecule has 0 spiro atoms. The third-order valence-electron chi connectivity index (χ3n) is 3.30. The van der Waals surface area contributed by atoms with E-state index in [0.29, 0.717) is 18.0 Å². The van der Waals surface area contributed by atoms with Crippen molar-refractivity contribution >= 4 is 16.0 Å². The van der Waals surface area contributed by atoms with Gasteiger partial charge < -0.3 is 5.11 Å². The highest BCUT2D eigenvalue weighted by atomic mass is 32.2. The summed E-state index contributed by atoms with van der Waals surface area (Å²) in [5.41, 5.74) is 0.725. The largest absolute Gasteiger partial charge is 0.478 e. The molecule has 0 fully saturated rings. The average molecular weight is 299 g/mol. The van der Waals surface area contributed by atoms with Gasteiger partial charge in [0.15, 0.2) is 0 Å². The van der Waals surface area contributed by atoms with Gasteiger partial charge >= 0.3 is 5.97 Å². The summed E-state index contributed by atoms with van der Waals surface area (Å²) in [7, 11) is -3.38. The van der Waals surface area contributed by atoms with Gasteiger partial charge in [-0.1, -0.05) is 38.8 Å². The second-order valence-electron chi connectivity index (χ2n) is 4.79. The van der Waals surface area contributed by atoms with Crippen LogP contribution in [0, 0.1) is 5.92 Å². The summed E-state index contributed by atoms with van der Waals surface area (Å²) >= 11 is 0. The predicted molar refractivity (Wildman–Crippen MR) is 78.1 cm³/mol. The van der Waals surface area contributed by atoms with Crippen molar-refractivity contribution in [3.8, 4) is 0 Å².